The first-order chi connectivity index (χ1) is 23.0. The molecule has 2 spiro atoms. The van der Waals surface area contributed by atoms with Gasteiger partial charge in [0.05, 0.1) is 56.8 Å². The summed E-state index contributed by atoms with van der Waals surface area (Å²) >= 11 is 0. The molecule has 48 heavy (non-hydrogen) atoms. The minimum absolute atomic E-state index is 0.0526. The van der Waals surface area contributed by atoms with E-state index in [2.05, 4.69) is 31.0 Å². The highest BCUT2D eigenvalue weighted by Crippen LogP contribution is 2.87. The maximum Gasteiger partial charge on any atom is 0.408 e. The van der Waals surface area contributed by atoms with Gasteiger partial charge in [0.2, 0.25) is 0 Å². The van der Waals surface area contributed by atoms with Crippen LogP contribution in [0.15, 0.2) is 0 Å². The van der Waals surface area contributed by atoms with Crippen molar-refractivity contribution >= 4 is 6.09 Å². The lowest BCUT2D eigenvalue weighted by molar-refractivity contribution is -0.253. The quantitative estimate of drug-likeness (QED) is 0.366. The molecule has 4 aliphatic heterocycles. The van der Waals surface area contributed by atoms with E-state index in [0.717, 1.165) is 64.2 Å². The summed E-state index contributed by atoms with van der Waals surface area (Å²) in [4.78, 5) is 14.6. The lowest BCUT2D eigenvalue weighted by Crippen LogP contribution is -2.58. The minimum atomic E-state index is -0.518. The maximum atomic E-state index is 12.1. The Morgan fingerprint density at radius 1 is 0.875 bits per heavy atom. The average molecular weight is 675 g/mol. The number of rotatable bonds is 4. The third kappa shape index (κ3) is 5.16. The molecule has 2 N–H and O–H groups in total. The number of fused-ring (bicyclic) bond motifs is 4. The predicted octanol–water partition coefficient (Wildman–Crippen LogP) is 6.16. The second-order valence-electron chi connectivity index (χ2n) is 18.1. The summed E-state index contributed by atoms with van der Waals surface area (Å²) < 4.78 is 31.2. The fourth-order valence-corrected chi connectivity index (χ4v) is 13.6. The Morgan fingerprint density at radius 2 is 1.62 bits per heavy atom. The lowest BCUT2D eigenvalue weighted by Gasteiger charge is -2.60. The molecule has 1 amide bonds. The highest BCUT2D eigenvalue weighted by molar-refractivity contribution is 5.71. The molecular weight excluding hydrogens is 608 g/mol. The first kappa shape index (κ1) is 35.4. The molecule has 9 fully saturated rings. The van der Waals surface area contributed by atoms with E-state index in [1.807, 2.05) is 27.7 Å². The molecule has 274 valence electrons. The van der Waals surface area contributed by atoms with Crippen LogP contribution < -0.4 is 5.32 Å². The Labute approximate surface area is 289 Å². The molecule has 5 aliphatic carbocycles. The zero-order chi connectivity index (χ0) is 34.3. The van der Waals surface area contributed by atoms with E-state index in [0.29, 0.717) is 34.3 Å². The standard InChI is InChI=1S/C36H56N2O6.C2H6.CH4O/c1-32(2)27-9-7-22-24-16-26-23(6-8-25(42-26)30-33(3,4)44-31(39)37-30)34(24,5)12-13-35(22)20-36(27,35)11-10-28(32)43-29-17-38(14-15-41-29)21-18-40-19-21;2*1-2/h21-30H,6-20H2,1-5H3,(H,37,39);1-2H3;2H,1H3/t22?,23-,24?,25?,26?,27-,28-,29?,30-,34+,35-,36+;;/m0../s1. The van der Waals surface area contributed by atoms with Gasteiger partial charge in [-0.15, -0.1) is 0 Å². The molecule has 0 aromatic rings. The van der Waals surface area contributed by atoms with Crippen LogP contribution in [-0.2, 0) is 23.7 Å². The largest absolute Gasteiger partial charge is 0.441 e. The number of cyclic esters (lactones) is 1. The number of nitrogens with one attached hydrogen (secondary N) is 1. The van der Waals surface area contributed by atoms with Crippen LogP contribution in [-0.4, -0.2) is 98.4 Å². The number of aliphatic hydroxyl groups excluding tert-OH is 1. The number of hydrogen-bond acceptors (Lipinski definition) is 8. The molecule has 4 heterocycles. The third-order valence-corrected chi connectivity index (χ3v) is 15.8. The average Bonchev–Trinajstić information content (AvgIpc) is 3.49. The molecule has 0 bridgehead atoms. The fraction of sp³-hybridized carbons (Fsp3) is 0.974. The SMILES string of the molecule is CC.CC1(C)OC(=O)N[C@H]1C1CC[C@H]2C(CC3C4CC[C@H]5C(C)(C)[C@@H](OC6CN(C7COC7)CCO6)CC[C@@]56C[C@@]46CC[C@@]32C)O1.CO. The van der Waals surface area contributed by atoms with Gasteiger partial charge in [-0.1, -0.05) is 34.6 Å². The molecule has 0 aromatic heterocycles. The summed E-state index contributed by atoms with van der Waals surface area (Å²) in [6.45, 7) is 20.1. The summed E-state index contributed by atoms with van der Waals surface area (Å²) in [7, 11) is 1.00. The van der Waals surface area contributed by atoms with E-state index in [-0.39, 0.29) is 36.0 Å². The second-order valence-corrected chi connectivity index (χ2v) is 18.1. The van der Waals surface area contributed by atoms with Crippen molar-refractivity contribution in [3.05, 3.63) is 0 Å². The van der Waals surface area contributed by atoms with Crippen molar-refractivity contribution < 1.29 is 33.6 Å². The molecule has 0 radical (unpaired) electrons. The number of hydrogen-bond donors (Lipinski definition) is 2. The van der Waals surface area contributed by atoms with Gasteiger partial charge < -0.3 is 34.1 Å². The van der Waals surface area contributed by atoms with Gasteiger partial charge >= 0.3 is 6.09 Å². The molecule has 9 aliphatic rings. The zero-order valence-electron chi connectivity index (χ0n) is 31.2. The van der Waals surface area contributed by atoms with Crippen molar-refractivity contribution in [1.29, 1.82) is 0 Å². The third-order valence-electron chi connectivity index (χ3n) is 15.8. The number of carbonyl (C=O) groups is 1. The summed E-state index contributed by atoms with van der Waals surface area (Å²) in [5, 5.41) is 10.1. The molecule has 9 heteroatoms. The van der Waals surface area contributed by atoms with E-state index < -0.39 is 5.60 Å². The lowest BCUT2D eigenvalue weighted by atomic mass is 9.46. The monoisotopic (exact) mass is 674 g/mol. The highest BCUT2D eigenvalue weighted by Gasteiger charge is 2.80. The van der Waals surface area contributed by atoms with Crippen LogP contribution in [0.4, 0.5) is 4.79 Å². The smallest absolute Gasteiger partial charge is 0.408 e. The Kier molecular flexibility index (Phi) is 9.31. The maximum absolute atomic E-state index is 12.1. The van der Waals surface area contributed by atoms with E-state index in [1.54, 1.807) is 0 Å². The van der Waals surface area contributed by atoms with Gasteiger partial charge in [-0.05, 0) is 123 Å². The molecule has 0 aromatic carbocycles. The van der Waals surface area contributed by atoms with Crippen molar-refractivity contribution in [2.75, 3.05) is 40.0 Å². The molecule has 5 unspecified atom stereocenters. The van der Waals surface area contributed by atoms with Crippen molar-refractivity contribution in [2.45, 2.75) is 155 Å². The molecule has 12 atom stereocenters. The summed E-state index contributed by atoms with van der Waals surface area (Å²) in [5.41, 5.74) is 1.08. The first-order valence-corrected chi connectivity index (χ1v) is 19.7. The Hall–Kier alpha value is -0.970. The number of carbonyl (C=O) groups excluding carboxylic acids is 1. The van der Waals surface area contributed by atoms with Crippen LogP contribution >= 0.6 is 0 Å². The molecular formula is C39H66N2O7. The first-order valence-electron chi connectivity index (χ1n) is 19.7. The summed E-state index contributed by atoms with van der Waals surface area (Å²) in [6, 6.07) is 0.486. The van der Waals surface area contributed by atoms with E-state index in [9.17, 15) is 4.79 Å². The molecule has 9 rings (SSSR count). The Morgan fingerprint density at radius 3 is 2.31 bits per heavy atom. The van der Waals surface area contributed by atoms with Crippen LogP contribution in [0.5, 0.6) is 0 Å². The van der Waals surface area contributed by atoms with Crippen molar-refractivity contribution in [2.24, 2.45) is 45.3 Å². The van der Waals surface area contributed by atoms with Gasteiger partial charge in [0, 0.05) is 13.7 Å². The topological polar surface area (TPSA) is 98.7 Å². The van der Waals surface area contributed by atoms with E-state index in [4.69, 9.17) is 28.8 Å². The van der Waals surface area contributed by atoms with Crippen molar-refractivity contribution in [3.63, 3.8) is 0 Å². The number of amides is 1. The molecule has 5 saturated carbocycles. The van der Waals surface area contributed by atoms with Crippen LogP contribution in [0, 0.1) is 45.3 Å². The van der Waals surface area contributed by atoms with Gasteiger partial charge in [0.1, 0.15) is 5.60 Å². The second kappa shape index (κ2) is 12.6. The Bertz CT molecular complexity index is 1190. The van der Waals surface area contributed by atoms with Crippen LogP contribution in [0.25, 0.3) is 0 Å². The molecule has 4 saturated heterocycles. The van der Waals surface area contributed by atoms with Crippen molar-refractivity contribution in [1.82, 2.24) is 10.2 Å². The molecule has 9 nitrogen and oxygen atoms in total. The number of ether oxygens (including phenoxy) is 5. The number of aliphatic hydroxyl groups is 1. The van der Waals surface area contributed by atoms with Crippen LogP contribution in [0.2, 0.25) is 0 Å². The van der Waals surface area contributed by atoms with E-state index in [1.165, 1.54) is 57.8 Å². The van der Waals surface area contributed by atoms with Gasteiger partial charge in [0.25, 0.3) is 0 Å². The van der Waals surface area contributed by atoms with Crippen molar-refractivity contribution in [3.8, 4) is 0 Å². The number of morpholine rings is 1. The van der Waals surface area contributed by atoms with E-state index >= 15 is 0 Å². The normalized spacial score (nSPS) is 49.8. The van der Waals surface area contributed by atoms with Gasteiger partial charge in [-0.2, -0.15) is 0 Å². The number of alkyl carbamates (subject to hydrolysis) is 1. The zero-order valence-corrected chi connectivity index (χ0v) is 31.2. The number of nitrogens with zero attached hydrogens (tertiary/aromatic N) is 1. The minimum Gasteiger partial charge on any atom is -0.441 e. The van der Waals surface area contributed by atoms with Crippen LogP contribution in [0.1, 0.15) is 113 Å². The van der Waals surface area contributed by atoms with Gasteiger partial charge in [-0.3, -0.25) is 4.90 Å². The summed E-state index contributed by atoms with van der Waals surface area (Å²) in [5.74, 6) is 3.00. The van der Waals surface area contributed by atoms with Crippen LogP contribution in [0.3, 0.4) is 0 Å². The van der Waals surface area contributed by atoms with Gasteiger partial charge in [-0.25, -0.2) is 4.79 Å². The summed E-state index contributed by atoms with van der Waals surface area (Å²) in [6.07, 6.45) is 13.2. The van der Waals surface area contributed by atoms with Gasteiger partial charge in [0.15, 0.2) is 6.29 Å². The predicted molar refractivity (Wildman–Crippen MR) is 183 cm³/mol. The highest BCUT2D eigenvalue weighted by atomic mass is 16.7. The fourth-order valence-electron chi connectivity index (χ4n) is 13.6. The Balaban J connectivity index is 0.000000880.